The number of nitro groups is 1. The SMILES string of the molecule is Cc1cc([N+](=O)[O-])cc(S(=O)(=O)N2CCC(CO)C2)c1C. The Kier molecular flexibility index (Phi) is 4.31. The number of nitrogens with zero attached hydrogens (tertiary/aromatic N) is 2. The zero-order valence-electron chi connectivity index (χ0n) is 11.9. The minimum atomic E-state index is -3.77. The van der Waals surface area contributed by atoms with E-state index in [4.69, 9.17) is 5.11 Å². The van der Waals surface area contributed by atoms with Crippen LogP contribution in [0.25, 0.3) is 0 Å². The van der Waals surface area contributed by atoms with Gasteiger partial charge in [0.25, 0.3) is 5.69 Å². The number of aliphatic hydroxyl groups is 1. The van der Waals surface area contributed by atoms with E-state index in [1.165, 1.54) is 10.4 Å². The Hall–Kier alpha value is -1.51. The van der Waals surface area contributed by atoms with E-state index in [9.17, 15) is 18.5 Å². The van der Waals surface area contributed by atoms with Gasteiger partial charge in [-0.2, -0.15) is 4.31 Å². The Bertz CT molecular complexity index is 671. The molecular formula is C13H18N2O5S. The molecule has 7 nitrogen and oxygen atoms in total. The Morgan fingerprint density at radius 3 is 2.62 bits per heavy atom. The summed E-state index contributed by atoms with van der Waals surface area (Å²) in [6.07, 6.45) is 0.600. The number of hydrogen-bond donors (Lipinski definition) is 1. The minimum Gasteiger partial charge on any atom is -0.396 e. The van der Waals surface area contributed by atoms with E-state index >= 15 is 0 Å². The van der Waals surface area contributed by atoms with Crippen LogP contribution >= 0.6 is 0 Å². The van der Waals surface area contributed by atoms with Crippen molar-refractivity contribution < 1.29 is 18.4 Å². The summed E-state index contributed by atoms with van der Waals surface area (Å²) in [6.45, 7) is 3.82. The fourth-order valence-corrected chi connectivity index (χ4v) is 4.33. The van der Waals surface area contributed by atoms with Gasteiger partial charge in [-0.3, -0.25) is 10.1 Å². The summed E-state index contributed by atoms with van der Waals surface area (Å²) in [5, 5.41) is 20.1. The summed E-state index contributed by atoms with van der Waals surface area (Å²) in [5.41, 5.74) is 0.864. The topological polar surface area (TPSA) is 101 Å². The van der Waals surface area contributed by atoms with Gasteiger partial charge in [0.15, 0.2) is 0 Å². The fourth-order valence-electron chi connectivity index (χ4n) is 2.49. The lowest BCUT2D eigenvalue weighted by atomic mass is 10.1. The number of nitro benzene ring substituents is 1. The Morgan fingerprint density at radius 1 is 1.43 bits per heavy atom. The first-order chi connectivity index (χ1) is 9.77. The highest BCUT2D eigenvalue weighted by molar-refractivity contribution is 7.89. The van der Waals surface area contributed by atoms with Crippen LogP contribution in [-0.2, 0) is 10.0 Å². The van der Waals surface area contributed by atoms with E-state index in [0.717, 1.165) is 6.07 Å². The molecule has 1 unspecified atom stereocenters. The Morgan fingerprint density at radius 2 is 2.10 bits per heavy atom. The predicted molar refractivity (Wildman–Crippen MR) is 76.5 cm³/mol. The molecule has 1 fully saturated rings. The minimum absolute atomic E-state index is 0.0206. The van der Waals surface area contributed by atoms with Crippen molar-refractivity contribution in [2.24, 2.45) is 5.92 Å². The molecule has 0 aromatic heterocycles. The zero-order chi connectivity index (χ0) is 15.8. The van der Waals surface area contributed by atoms with Crippen LogP contribution in [-0.4, -0.2) is 42.4 Å². The van der Waals surface area contributed by atoms with Crippen molar-refractivity contribution in [2.75, 3.05) is 19.7 Å². The van der Waals surface area contributed by atoms with E-state index in [-0.39, 0.29) is 29.7 Å². The average Bonchev–Trinajstić information content (AvgIpc) is 2.90. The number of benzene rings is 1. The maximum Gasteiger partial charge on any atom is 0.271 e. The van der Waals surface area contributed by atoms with Crippen LogP contribution in [0.5, 0.6) is 0 Å². The molecule has 0 aliphatic carbocycles. The third-order valence-electron chi connectivity index (χ3n) is 3.94. The fraction of sp³-hybridized carbons (Fsp3) is 0.538. The molecule has 1 aromatic rings. The van der Waals surface area contributed by atoms with Crippen molar-refractivity contribution in [3.05, 3.63) is 33.4 Å². The average molecular weight is 314 g/mol. The predicted octanol–water partition coefficient (Wildman–Crippen LogP) is 1.21. The molecule has 1 aliphatic heterocycles. The van der Waals surface area contributed by atoms with Crippen LogP contribution in [0, 0.1) is 29.9 Å². The molecule has 1 aliphatic rings. The van der Waals surface area contributed by atoms with Crippen molar-refractivity contribution in [1.29, 1.82) is 0 Å². The molecule has 0 bridgehead atoms. The molecule has 1 aromatic carbocycles. The maximum atomic E-state index is 12.7. The summed E-state index contributed by atoms with van der Waals surface area (Å²) in [4.78, 5) is 10.3. The molecule has 0 saturated carbocycles. The van der Waals surface area contributed by atoms with E-state index < -0.39 is 14.9 Å². The number of sulfonamides is 1. The van der Waals surface area contributed by atoms with Gasteiger partial charge in [0.1, 0.15) is 0 Å². The van der Waals surface area contributed by atoms with E-state index in [2.05, 4.69) is 0 Å². The van der Waals surface area contributed by atoms with Gasteiger partial charge in [-0.1, -0.05) is 0 Å². The molecule has 0 amide bonds. The summed E-state index contributed by atoms with van der Waals surface area (Å²) < 4.78 is 26.6. The van der Waals surface area contributed by atoms with Crippen LogP contribution in [0.2, 0.25) is 0 Å². The van der Waals surface area contributed by atoms with Gasteiger partial charge in [0.05, 0.1) is 9.82 Å². The van der Waals surface area contributed by atoms with Gasteiger partial charge in [-0.25, -0.2) is 8.42 Å². The maximum absolute atomic E-state index is 12.7. The first kappa shape index (κ1) is 15.9. The van der Waals surface area contributed by atoms with Gasteiger partial charge in [0, 0.05) is 31.8 Å². The van der Waals surface area contributed by atoms with E-state index in [1.807, 2.05) is 0 Å². The number of aliphatic hydroxyl groups excluding tert-OH is 1. The third-order valence-corrected chi connectivity index (χ3v) is 5.93. The number of non-ortho nitro benzene ring substituents is 1. The Labute approximate surface area is 123 Å². The van der Waals surface area contributed by atoms with Crippen molar-refractivity contribution >= 4 is 15.7 Å². The third kappa shape index (κ3) is 2.92. The molecule has 2 rings (SSSR count). The van der Waals surface area contributed by atoms with Gasteiger partial charge in [0.2, 0.25) is 10.0 Å². The van der Waals surface area contributed by atoms with Crippen molar-refractivity contribution in [1.82, 2.24) is 4.31 Å². The highest BCUT2D eigenvalue weighted by Crippen LogP contribution is 2.30. The molecule has 1 saturated heterocycles. The van der Waals surface area contributed by atoms with Gasteiger partial charge in [-0.05, 0) is 37.3 Å². The van der Waals surface area contributed by atoms with Crippen LogP contribution < -0.4 is 0 Å². The van der Waals surface area contributed by atoms with Crippen LogP contribution in [0.1, 0.15) is 17.5 Å². The second-order valence-electron chi connectivity index (χ2n) is 5.34. The Balaban J connectivity index is 2.47. The first-order valence-corrected chi connectivity index (χ1v) is 8.08. The molecule has 1 N–H and O–H groups in total. The largest absolute Gasteiger partial charge is 0.396 e. The van der Waals surface area contributed by atoms with Crippen molar-refractivity contribution in [3.8, 4) is 0 Å². The molecule has 0 radical (unpaired) electrons. The smallest absolute Gasteiger partial charge is 0.271 e. The van der Waals surface area contributed by atoms with E-state index in [1.54, 1.807) is 13.8 Å². The van der Waals surface area contributed by atoms with Gasteiger partial charge < -0.3 is 5.11 Å². The molecule has 21 heavy (non-hydrogen) atoms. The van der Waals surface area contributed by atoms with Gasteiger partial charge >= 0.3 is 0 Å². The standard InChI is InChI=1S/C13H18N2O5S/c1-9-5-12(15(17)18)6-13(10(9)2)21(19,20)14-4-3-11(7-14)8-16/h5-6,11,16H,3-4,7-8H2,1-2H3. The molecule has 8 heteroatoms. The van der Waals surface area contributed by atoms with Crippen molar-refractivity contribution in [3.63, 3.8) is 0 Å². The van der Waals surface area contributed by atoms with Crippen LogP contribution in [0.15, 0.2) is 17.0 Å². The highest BCUT2D eigenvalue weighted by Gasteiger charge is 2.34. The van der Waals surface area contributed by atoms with Gasteiger partial charge in [-0.15, -0.1) is 0 Å². The molecule has 1 heterocycles. The second-order valence-corrected chi connectivity index (χ2v) is 7.25. The lowest BCUT2D eigenvalue weighted by Gasteiger charge is -2.18. The normalized spacial score (nSPS) is 19.9. The lowest BCUT2D eigenvalue weighted by molar-refractivity contribution is -0.385. The monoisotopic (exact) mass is 314 g/mol. The molecule has 1 atom stereocenters. The quantitative estimate of drug-likeness (QED) is 0.665. The number of hydrogen-bond acceptors (Lipinski definition) is 5. The van der Waals surface area contributed by atoms with E-state index in [0.29, 0.717) is 24.1 Å². The summed E-state index contributed by atoms with van der Waals surface area (Å²) in [6, 6.07) is 2.48. The lowest BCUT2D eigenvalue weighted by Crippen LogP contribution is -2.30. The number of rotatable bonds is 4. The van der Waals surface area contributed by atoms with Crippen LogP contribution in [0.4, 0.5) is 5.69 Å². The zero-order valence-corrected chi connectivity index (χ0v) is 12.8. The molecule has 116 valence electrons. The highest BCUT2D eigenvalue weighted by atomic mass is 32.2. The van der Waals surface area contributed by atoms with Crippen LogP contribution in [0.3, 0.4) is 0 Å². The molecular weight excluding hydrogens is 296 g/mol. The second kappa shape index (κ2) is 5.70. The van der Waals surface area contributed by atoms with Crippen molar-refractivity contribution in [2.45, 2.75) is 25.2 Å². The first-order valence-electron chi connectivity index (χ1n) is 6.64. The summed E-state index contributed by atoms with van der Waals surface area (Å²) in [5.74, 6) is -0.0696. The summed E-state index contributed by atoms with van der Waals surface area (Å²) >= 11 is 0. The number of aryl methyl sites for hydroxylation is 1. The molecule has 0 spiro atoms. The summed E-state index contributed by atoms with van der Waals surface area (Å²) in [7, 11) is -3.77.